The Labute approximate surface area is 162 Å². The Bertz CT molecular complexity index is 932. The fourth-order valence-corrected chi connectivity index (χ4v) is 3.27. The third-order valence-corrected chi connectivity index (χ3v) is 4.59. The summed E-state index contributed by atoms with van der Waals surface area (Å²) in [7, 11) is 1.25. The maximum Gasteiger partial charge on any atom is 0.339 e. The van der Waals surface area contributed by atoms with Crippen molar-refractivity contribution in [3.63, 3.8) is 0 Å². The van der Waals surface area contributed by atoms with Gasteiger partial charge in [-0.1, -0.05) is 38.1 Å². The molecule has 1 atom stereocenters. The van der Waals surface area contributed by atoms with Gasteiger partial charge in [0, 0.05) is 0 Å². The Hall–Kier alpha value is -3.48. The summed E-state index contributed by atoms with van der Waals surface area (Å²) in [6.07, 6.45) is 0. The van der Waals surface area contributed by atoms with Crippen LogP contribution in [0.5, 0.6) is 0 Å². The van der Waals surface area contributed by atoms with Crippen molar-refractivity contribution in [2.24, 2.45) is 5.92 Å². The van der Waals surface area contributed by atoms with Crippen molar-refractivity contribution in [1.82, 2.24) is 4.90 Å². The predicted molar refractivity (Wildman–Crippen MR) is 102 cm³/mol. The maximum atomic E-state index is 13.0. The first-order valence-electron chi connectivity index (χ1n) is 8.82. The lowest BCUT2D eigenvalue weighted by atomic mass is 10.0. The first kappa shape index (κ1) is 19.3. The molecule has 0 aromatic heterocycles. The highest BCUT2D eigenvalue weighted by Gasteiger charge is 2.44. The molecular formula is C21H20N2O5. The number of anilines is 1. The molecule has 1 N–H and O–H groups in total. The molecule has 0 spiro atoms. The fourth-order valence-electron chi connectivity index (χ4n) is 3.27. The molecule has 1 aliphatic rings. The van der Waals surface area contributed by atoms with Crippen LogP contribution in [0.15, 0.2) is 48.5 Å². The number of imide groups is 1. The second kappa shape index (κ2) is 7.64. The monoisotopic (exact) mass is 380 g/mol. The largest absolute Gasteiger partial charge is 0.465 e. The Balaban J connectivity index is 1.93. The number of nitrogens with one attached hydrogen (secondary N) is 1. The van der Waals surface area contributed by atoms with E-state index in [1.165, 1.54) is 13.2 Å². The van der Waals surface area contributed by atoms with Crippen LogP contribution >= 0.6 is 0 Å². The molecule has 0 radical (unpaired) electrons. The lowest BCUT2D eigenvalue weighted by molar-refractivity contribution is -0.121. The number of rotatable bonds is 5. The summed E-state index contributed by atoms with van der Waals surface area (Å²) >= 11 is 0. The summed E-state index contributed by atoms with van der Waals surface area (Å²) in [6.45, 7) is 3.50. The molecule has 7 heteroatoms. The van der Waals surface area contributed by atoms with E-state index in [1.807, 2.05) is 0 Å². The molecule has 0 aliphatic carbocycles. The number of esters is 1. The first-order valence-corrected chi connectivity index (χ1v) is 8.82. The number of benzene rings is 2. The number of fused-ring (bicyclic) bond motifs is 1. The lowest BCUT2D eigenvalue weighted by Gasteiger charge is -2.28. The highest BCUT2D eigenvalue weighted by atomic mass is 16.5. The minimum absolute atomic E-state index is 0.184. The average Bonchev–Trinajstić information content (AvgIpc) is 2.93. The van der Waals surface area contributed by atoms with Crippen LogP contribution in [0.4, 0.5) is 5.69 Å². The molecule has 3 rings (SSSR count). The van der Waals surface area contributed by atoms with Gasteiger partial charge in [-0.25, -0.2) is 4.79 Å². The molecule has 0 saturated heterocycles. The SMILES string of the molecule is COC(=O)c1ccccc1NC(=O)C(C(C)C)N1C(=O)c2ccccc2C1=O. The molecule has 1 unspecified atom stereocenters. The zero-order valence-electron chi connectivity index (χ0n) is 15.8. The van der Waals surface area contributed by atoms with Gasteiger partial charge in [0.15, 0.2) is 0 Å². The minimum Gasteiger partial charge on any atom is -0.465 e. The third-order valence-electron chi connectivity index (χ3n) is 4.59. The van der Waals surface area contributed by atoms with E-state index in [2.05, 4.69) is 5.32 Å². The van der Waals surface area contributed by atoms with Crippen LogP contribution in [0.2, 0.25) is 0 Å². The molecule has 0 bridgehead atoms. The van der Waals surface area contributed by atoms with Gasteiger partial charge in [-0.05, 0) is 30.2 Å². The number of carbonyl (C=O) groups excluding carboxylic acids is 4. The Morgan fingerprint density at radius 1 is 0.929 bits per heavy atom. The quantitative estimate of drug-likeness (QED) is 0.636. The number of hydrogen-bond acceptors (Lipinski definition) is 5. The van der Waals surface area contributed by atoms with Crippen LogP contribution in [-0.2, 0) is 9.53 Å². The van der Waals surface area contributed by atoms with E-state index >= 15 is 0 Å². The van der Waals surface area contributed by atoms with Crippen LogP contribution in [0.25, 0.3) is 0 Å². The summed E-state index contributed by atoms with van der Waals surface area (Å²) in [5.41, 5.74) is 0.992. The van der Waals surface area contributed by atoms with Gasteiger partial charge in [0.05, 0.1) is 29.5 Å². The van der Waals surface area contributed by atoms with Crippen molar-refractivity contribution < 1.29 is 23.9 Å². The Morgan fingerprint density at radius 2 is 1.46 bits per heavy atom. The van der Waals surface area contributed by atoms with Crippen LogP contribution in [0.1, 0.15) is 44.9 Å². The molecule has 1 aliphatic heterocycles. The second-order valence-corrected chi connectivity index (χ2v) is 6.74. The zero-order chi connectivity index (χ0) is 20.4. The molecule has 2 aromatic carbocycles. The van der Waals surface area contributed by atoms with Gasteiger partial charge in [-0.15, -0.1) is 0 Å². The Kier molecular flexibility index (Phi) is 5.26. The summed E-state index contributed by atoms with van der Waals surface area (Å²) in [5, 5.41) is 2.67. The van der Waals surface area contributed by atoms with E-state index in [-0.39, 0.29) is 28.3 Å². The summed E-state index contributed by atoms with van der Waals surface area (Å²) < 4.78 is 4.73. The van der Waals surface area contributed by atoms with Gasteiger partial charge in [-0.2, -0.15) is 0 Å². The van der Waals surface area contributed by atoms with Crippen LogP contribution in [0, 0.1) is 5.92 Å². The minimum atomic E-state index is -1.03. The van der Waals surface area contributed by atoms with Crippen molar-refractivity contribution in [3.8, 4) is 0 Å². The van der Waals surface area contributed by atoms with Crippen LogP contribution in [0.3, 0.4) is 0 Å². The summed E-state index contributed by atoms with van der Waals surface area (Å²) in [4.78, 5) is 51.5. The maximum absolute atomic E-state index is 13.0. The molecule has 144 valence electrons. The van der Waals surface area contributed by atoms with Crippen LogP contribution in [-0.4, -0.2) is 41.7 Å². The van der Waals surface area contributed by atoms with Gasteiger partial charge < -0.3 is 10.1 Å². The van der Waals surface area contributed by atoms with E-state index in [0.29, 0.717) is 0 Å². The topological polar surface area (TPSA) is 92.8 Å². The van der Waals surface area contributed by atoms with Crippen molar-refractivity contribution >= 4 is 29.4 Å². The van der Waals surface area contributed by atoms with Crippen molar-refractivity contribution in [2.45, 2.75) is 19.9 Å². The first-order chi connectivity index (χ1) is 13.4. The lowest BCUT2D eigenvalue weighted by Crippen LogP contribution is -2.50. The van der Waals surface area contributed by atoms with E-state index in [9.17, 15) is 19.2 Å². The van der Waals surface area contributed by atoms with Gasteiger partial charge in [-0.3, -0.25) is 19.3 Å². The Morgan fingerprint density at radius 3 is 2.00 bits per heavy atom. The van der Waals surface area contributed by atoms with E-state index < -0.39 is 29.7 Å². The smallest absolute Gasteiger partial charge is 0.339 e. The normalized spacial score (nSPS) is 14.1. The van der Waals surface area contributed by atoms with E-state index in [0.717, 1.165) is 4.90 Å². The van der Waals surface area contributed by atoms with Crippen molar-refractivity contribution in [3.05, 3.63) is 65.2 Å². The van der Waals surface area contributed by atoms with Gasteiger partial charge >= 0.3 is 5.97 Å². The number of para-hydroxylation sites is 1. The number of carbonyl (C=O) groups is 4. The van der Waals surface area contributed by atoms with Crippen molar-refractivity contribution in [2.75, 3.05) is 12.4 Å². The van der Waals surface area contributed by atoms with Gasteiger partial charge in [0.1, 0.15) is 6.04 Å². The molecule has 3 amide bonds. The molecule has 0 saturated carbocycles. The molecule has 2 aromatic rings. The number of amides is 3. The zero-order valence-corrected chi connectivity index (χ0v) is 15.8. The molecule has 7 nitrogen and oxygen atoms in total. The number of nitrogens with zero attached hydrogens (tertiary/aromatic N) is 1. The van der Waals surface area contributed by atoms with E-state index in [1.54, 1.807) is 56.3 Å². The molecule has 0 fully saturated rings. The summed E-state index contributed by atoms with van der Waals surface area (Å²) in [6, 6.07) is 11.8. The highest BCUT2D eigenvalue weighted by molar-refractivity contribution is 6.23. The van der Waals surface area contributed by atoms with E-state index in [4.69, 9.17) is 4.74 Å². The van der Waals surface area contributed by atoms with Crippen LogP contribution < -0.4 is 5.32 Å². The average molecular weight is 380 g/mol. The number of methoxy groups -OCH3 is 1. The molecule has 1 heterocycles. The summed E-state index contributed by atoms with van der Waals surface area (Å²) in [5.74, 6) is -2.50. The molecular weight excluding hydrogens is 360 g/mol. The number of hydrogen-bond donors (Lipinski definition) is 1. The number of ether oxygens (including phenoxy) is 1. The third kappa shape index (κ3) is 3.26. The fraction of sp³-hybridized carbons (Fsp3) is 0.238. The van der Waals surface area contributed by atoms with Gasteiger partial charge in [0.25, 0.3) is 11.8 Å². The molecule has 28 heavy (non-hydrogen) atoms. The standard InChI is InChI=1S/C21H20N2O5/c1-12(2)17(23-19(25)13-8-4-5-9-14(13)20(23)26)18(24)22-16-11-7-6-10-15(16)21(27)28-3/h4-12,17H,1-3H3,(H,22,24). The second-order valence-electron chi connectivity index (χ2n) is 6.74. The predicted octanol–water partition coefficient (Wildman–Crippen LogP) is 2.73. The van der Waals surface area contributed by atoms with Gasteiger partial charge in [0.2, 0.25) is 5.91 Å². The van der Waals surface area contributed by atoms with Crippen molar-refractivity contribution in [1.29, 1.82) is 0 Å². The highest BCUT2D eigenvalue weighted by Crippen LogP contribution is 2.28.